The van der Waals surface area contributed by atoms with E-state index in [1.165, 1.54) is 3.57 Å². The molecular formula is C11H10I3NO2. The predicted octanol–water partition coefficient (Wildman–Crippen LogP) is 4.29. The number of nitrogens with one attached hydrogen (secondary N) is 1. The van der Waals surface area contributed by atoms with Crippen LogP contribution in [0.15, 0.2) is 24.4 Å². The number of rotatable bonds is 5. The van der Waals surface area contributed by atoms with Crippen molar-refractivity contribution in [3.8, 4) is 0 Å². The predicted molar refractivity (Wildman–Crippen MR) is 94.2 cm³/mol. The van der Waals surface area contributed by atoms with E-state index in [-0.39, 0.29) is 6.42 Å². The summed E-state index contributed by atoms with van der Waals surface area (Å²) in [6.07, 6.45) is 0.539. The standard InChI is InChI=1S/C11H10I3NO2/c1-6(2-3-10(16)17)15-11-8(13)4-7(12)5-9(11)14/h4-5,15H,1-3H2,(H,16,17). The minimum absolute atomic E-state index is 0.101. The SMILES string of the molecule is C=C(CCC(=O)O)Nc1c(I)cc(I)cc1I. The van der Waals surface area contributed by atoms with Gasteiger partial charge in [-0.15, -0.1) is 0 Å². The molecule has 0 amide bonds. The third-order valence-corrected chi connectivity index (χ3v) is 4.27. The molecule has 3 nitrogen and oxygen atoms in total. The van der Waals surface area contributed by atoms with E-state index in [0.29, 0.717) is 6.42 Å². The molecule has 0 bridgehead atoms. The first-order chi connectivity index (χ1) is 7.90. The summed E-state index contributed by atoms with van der Waals surface area (Å²) in [4.78, 5) is 10.5. The van der Waals surface area contributed by atoms with Crippen LogP contribution in [0.1, 0.15) is 12.8 Å². The summed E-state index contributed by atoms with van der Waals surface area (Å²) in [5.41, 5.74) is 1.73. The van der Waals surface area contributed by atoms with Crippen molar-refractivity contribution in [3.63, 3.8) is 0 Å². The minimum Gasteiger partial charge on any atom is -0.481 e. The van der Waals surface area contributed by atoms with Crippen molar-refractivity contribution in [2.45, 2.75) is 12.8 Å². The second kappa shape index (κ2) is 7.12. The van der Waals surface area contributed by atoms with Crippen LogP contribution in [-0.2, 0) is 4.79 Å². The Labute approximate surface area is 141 Å². The van der Waals surface area contributed by atoms with Crippen molar-refractivity contribution in [1.29, 1.82) is 0 Å². The summed E-state index contributed by atoms with van der Waals surface area (Å²) < 4.78 is 3.39. The number of benzene rings is 1. The number of allylic oxidation sites excluding steroid dienone is 1. The molecule has 0 saturated carbocycles. The van der Waals surface area contributed by atoms with Gasteiger partial charge in [0.05, 0.1) is 12.1 Å². The number of hydrogen-bond donors (Lipinski definition) is 2. The van der Waals surface area contributed by atoms with E-state index in [1.54, 1.807) is 0 Å². The number of carboxylic acid groups (broad SMARTS) is 1. The van der Waals surface area contributed by atoms with E-state index in [2.05, 4.69) is 91.8 Å². The van der Waals surface area contributed by atoms with Crippen molar-refractivity contribution in [3.05, 3.63) is 35.1 Å². The van der Waals surface area contributed by atoms with Gasteiger partial charge in [-0.3, -0.25) is 4.79 Å². The lowest BCUT2D eigenvalue weighted by molar-refractivity contribution is -0.136. The van der Waals surface area contributed by atoms with E-state index < -0.39 is 5.97 Å². The second-order valence-corrected chi connectivity index (χ2v) is 6.94. The monoisotopic (exact) mass is 569 g/mol. The van der Waals surface area contributed by atoms with Gasteiger partial charge in [0, 0.05) is 16.4 Å². The van der Waals surface area contributed by atoms with Crippen LogP contribution in [0.2, 0.25) is 0 Å². The Balaban J connectivity index is 2.75. The fourth-order valence-corrected chi connectivity index (χ4v) is 5.01. The highest BCUT2D eigenvalue weighted by Gasteiger charge is 2.08. The Bertz CT molecular complexity index is 437. The van der Waals surface area contributed by atoms with Crippen LogP contribution in [-0.4, -0.2) is 11.1 Å². The van der Waals surface area contributed by atoms with Crippen molar-refractivity contribution in [2.24, 2.45) is 0 Å². The van der Waals surface area contributed by atoms with E-state index in [9.17, 15) is 4.79 Å². The molecule has 0 aliphatic heterocycles. The van der Waals surface area contributed by atoms with Gasteiger partial charge in [-0.05, 0) is 86.3 Å². The smallest absolute Gasteiger partial charge is 0.303 e. The summed E-state index contributed by atoms with van der Waals surface area (Å²) in [6, 6.07) is 4.13. The molecule has 1 aromatic rings. The summed E-state index contributed by atoms with van der Waals surface area (Å²) in [5, 5.41) is 11.8. The highest BCUT2D eigenvalue weighted by Crippen LogP contribution is 2.28. The molecule has 0 saturated heterocycles. The van der Waals surface area contributed by atoms with Crippen molar-refractivity contribution in [2.75, 3.05) is 5.32 Å². The second-order valence-electron chi connectivity index (χ2n) is 3.37. The van der Waals surface area contributed by atoms with E-state index in [1.807, 2.05) is 0 Å². The molecule has 0 aliphatic carbocycles. The average molecular weight is 569 g/mol. The van der Waals surface area contributed by atoms with Gasteiger partial charge < -0.3 is 10.4 Å². The fourth-order valence-electron chi connectivity index (χ4n) is 1.16. The van der Waals surface area contributed by atoms with Crippen LogP contribution in [0.3, 0.4) is 0 Å². The van der Waals surface area contributed by atoms with Crippen LogP contribution in [0.5, 0.6) is 0 Å². The molecule has 2 N–H and O–H groups in total. The molecule has 0 heterocycles. The maximum Gasteiger partial charge on any atom is 0.303 e. The maximum absolute atomic E-state index is 10.5. The molecule has 17 heavy (non-hydrogen) atoms. The Morgan fingerprint density at radius 3 is 2.24 bits per heavy atom. The van der Waals surface area contributed by atoms with Crippen molar-refractivity contribution >= 4 is 79.4 Å². The minimum atomic E-state index is -0.806. The first-order valence-corrected chi connectivity index (χ1v) is 7.95. The molecule has 92 valence electrons. The molecule has 0 unspecified atom stereocenters. The van der Waals surface area contributed by atoms with Crippen LogP contribution in [0.4, 0.5) is 5.69 Å². The Kier molecular flexibility index (Phi) is 6.48. The molecule has 0 atom stereocenters. The number of carbonyl (C=O) groups is 1. The maximum atomic E-state index is 10.5. The molecule has 0 radical (unpaired) electrons. The third-order valence-electron chi connectivity index (χ3n) is 1.95. The van der Waals surface area contributed by atoms with Gasteiger partial charge in [-0.1, -0.05) is 6.58 Å². The number of carboxylic acids is 1. The quantitative estimate of drug-likeness (QED) is 0.521. The normalized spacial score (nSPS) is 10.1. The highest BCUT2D eigenvalue weighted by atomic mass is 127. The Morgan fingerprint density at radius 2 is 1.76 bits per heavy atom. The van der Waals surface area contributed by atoms with Gasteiger partial charge in [0.25, 0.3) is 0 Å². The molecular weight excluding hydrogens is 559 g/mol. The molecule has 1 rings (SSSR count). The van der Waals surface area contributed by atoms with Crippen LogP contribution < -0.4 is 5.32 Å². The molecule has 0 aliphatic rings. The number of hydrogen-bond acceptors (Lipinski definition) is 2. The highest BCUT2D eigenvalue weighted by molar-refractivity contribution is 14.1. The first kappa shape index (κ1) is 15.5. The summed E-state index contributed by atoms with van der Waals surface area (Å²) >= 11 is 6.78. The first-order valence-electron chi connectivity index (χ1n) is 4.71. The van der Waals surface area contributed by atoms with E-state index >= 15 is 0 Å². The fraction of sp³-hybridized carbons (Fsp3) is 0.182. The van der Waals surface area contributed by atoms with Crippen LogP contribution >= 0.6 is 67.8 Å². The zero-order chi connectivity index (χ0) is 13.0. The van der Waals surface area contributed by atoms with Crippen molar-refractivity contribution in [1.82, 2.24) is 0 Å². The Morgan fingerprint density at radius 1 is 1.24 bits per heavy atom. The van der Waals surface area contributed by atoms with E-state index in [4.69, 9.17) is 5.11 Å². The number of halogens is 3. The number of anilines is 1. The topological polar surface area (TPSA) is 49.3 Å². The lowest BCUT2D eigenvalue weighted by Crippen LogP contribution is -2.05. The molecule has 0 fully saturated rings. The van der Waals surface area contributed by atoms with Gasteiger partial charge in [0.1, 0.15) is 0 Å². The zero-order valence-electron chi connectivity index (χ0n) is 8.77. The Hall–Kier alpha value is 0.420. The summed E-state index contributed by atoms with van der Waals surface area (Å²) in [6.45, 7) is 3.84. The van der Waals surface area contributed by atoms with Crippen LogP contribution in [0.25, 0.3) is 0 Å². The molecule has 0 spiro atoms. The summed E-state index contributed by atoms with van der Waals surface area (Å²) in [5.74, 6) is -0.806. The van der Waals surface area contributed by atoms with E-state index in [0.717, 1.165) is 18.5 Å². The van der Waals surface area contributed by atoms with Gasteiger partial charge in [-0.2, -0.15) is 0 Å². The van der Waals surface area contributed by atoms with Gasteiger partial charge in [-0.25, -0.2) is 0 Å². The third kappa shape index (κ3) is 5.28. The lowest BCUT2D eigenvalue weighted by atomic mass is 10.2. The lowest BCUT2D eigenvalue weighted by Gasteiger charge is -2.13. The van der Waals surface area contributed by atoms with Gasteiger partial charge in [0.2, 0.25) is 0 Å². The molecule has 0 aromatic heterocycles. The average Bonchev–Trinajstić information content (AvgIpc) is 2.20. The van der Waals surface area contributed by atoms with Crippen molar-refractivity contribution < 1.29 is 9.90 Å². The largest absolute Gasteiger partial charge is 0.481 e. The van der Waals surface area contributed by atoms with Crippen LogP contribution in [0, 0.1) is 10.7 Å². The molecule has 6 heteroatoms. The molecule has 1 aromatic carbocycles. The zero-order valence-corrected chi connectivity index (χ0v) is 15.2. The van der Waals surface area contributed by atoms with Gasteiger partial charge in [0.15, 0.2) is 0 Å². The van der Waals surface area contributed by atoms with Gasteiger partial charge >= 0.3 is 5.97 Å². The summed E-state index contributed by atoms with van der Waals surface area (Å²) in [7, 11) is 0. The number of aliphatic carboxylic acids is 1.